The van der Waals surface area contributed by atoms with Crippen LogP contribution in [0.15, 0.2) is 18.2 Å². The average molecular weight is 237 g/mol. The monoisotopic (exact) mass is 237 g/mol. The maximum absolute atomic E-state index is 11.9. The Hall–Kier alpha value is -2.24. The summed E-state index contributed by atoms with van der Waals surface area (Å²) in [7, 11) is 1.52. The fraction of sp³-hybridized carbons (Fsp3) is 0.273. The van der Waals surface area contributed by atoms with Gasteiger partial charge in [0.25, 0.3) is 5.91 Å². The van der Waals surface area contributed by atoms with Crippen LogP contribution < -0.4 is 11.5 Å². The van der Waals surface area contributed by atoms with Gasteiger partial charge in [-0.15, -0.1) is 0 Å². The summed E-state index contributed by atoms with van der Waals surface area (Å²) >= 11 is 0. The highest BCUT2D eigenvalue weighted by Crippen LogP contribution is 2.25. The van der Waals surface area contributed by atoms with Crippen molar-refractivity contribution in [3.63, 3.8) is 0 Å². The van der Waals surface area contributed by atoms with E-state index in [0.717, 1.165) is 0 Å². The van der Waals surface area contributed by atoms with E-state index < -0.39 is 11.8 Å². The van der Waals surface area contributed by atoms with Crippen LogP contribution in [0.5, 0.6) is 5.75 Å². The molecule has 1 aromatic carbocycles. The molecule has 0 radical (unpaired) electrons. The van der Waals surface area contributed by atoms with Crippen molar-refractivity contribution in [2.75, 3.05) is 19.3 Å². The van der Waals surface area contributed by atoms with Gasteiger partial charge in [-0.3, -0.25) is 9.59 Å². The molecule has 1 rings (SSSR count). The number of nitrogen functional groups attached to an aromatic ring is 1. The maximum Gasteiger partial charge on any atom is 0.257 e. The lowest BCUT2D eigenvalue weighted by Crippen LogP contribution is -2.30. The summed E-state index contributed by atoms with van der Waals surface area (Å²) < 4.78 is 0. The van der Waals surface area contributed by atoms with Crippen molar-refractivity contribution in [2.45, 2.75) is 6.42 Å². The number of primary amides is 1. The minimum absolute atomic E-state index is 0.0747. The standard InChI is InChI=1S/C11H15N3O3/c1-14(6-5-9(13)15)11(17)7-3-2-4-8(12)10(7)16/h2-4,16H,5-6,12H2,1H3,(H2,13,15). The molecule has 1 aromatic rings. The molecule has 2 amide bonds. The maximum atomic E-state index is 11.9. The van der Waals surface area contributed by atoms with Crippen molar-refractivity contribution in [1.29, 1.82) is 0 Å². The molecule has 0 aliphatic heterocycles. The van der Waals surface area contributed by atoms with Crippen molar-refractivity contribution in [3.8, 4) is 5.75 Å². The van der Waals surface area contributed by atoms with Crippen LogP contribution in [0.1, 0.15) is 16.8 Å². The number of carbonyl (C=O) groups is 2. The number of aromatic hydroxyl groups is 1. The third-order valence-electron chi connectivity index (χ3n) is 2.34. The predicted octanol–water partition coefficient (Wildman–Crippen LogP) is -0.0782. The van der Waals surface area contributed by atoms with Gasteiger partial charge in [-0.1, -0.05) is 6.07 Å². The molecule has 92 valence electrons. The summed E-state index contributed by atoms with van der Waals surface area (Å²) in [6, 6.07) is 4.54. The van der Waals surface area contributed by atoms with Crippen LogP contribution in [-0.2, 0) is 4.79 Å². The Morgan fingerprint density at radius 1 is 1.41 bits per heavy atom. The summed E-state index contributed by atoms with van der Waals surface area (Å²) in [4.78, 5) is 23.8. The molecule has 0 bridgehead atoms. The molecular formula is C11H15N3O3. The third kappa shape index (κ3) is 3.10. The molecule has 0 saturated carbocycles. The van der Waals surface area contributed by atoms with E-state index in [1.807, 2.05) is 0 Å². The van der Waals surface area contributed by atoms with E-state index in [2.05, 4.69) is 0 Å². The number of nitrogens with zero attached hydrogens (tertiary/aromatic N) is 1. The second-order valence-corrected chi connectivity index (χ2v) is 3.69. The molecular weight excluding hydrogens is 222 g/mol. The van der Waals surface area contributed by atoms with Gasteiger partial charge in [-0.2, -0.15) is 0 Å². The van der Waals surface area contributed by atoms with Crippen LogP contribution in [0.3, 0.4) is 0 Å². The zero-order valence-corrected chi connectivity index (χ0v) is 9.51. The van der Waals surface area contributed by atoms with Crippen molar-refractivity contribution in [1.82, 2.24) is 4.90 Å². The Kier molecular flexibility index (Phi) is 3.92. The number of anilines is 1. The number of hydrogen-bond acceptors (Lipinski definition) is 4. The van der Waals surface area contributed by atoms with E-state index in [1.165, 1.54) is 24.1 Å². The van der Waals surface area contributed by atoms with Gasteiger partial charge in [-0.05, 0) is 12.1 Å². The summed E-state index contributed by atoms with van der Waals surface area (Å²) in [5.41, 5.74) is 10.7. The smallest absolute Gasteiger partial charge is 0.257 e. The number of nitrogens with two attached hydrogens (primary N) is 2. The minimum atomic E-state index is -0.485. The van der Waals surface area contributed by atoms with Gasteiger partial charge in [0.1, 0.15) is 0 Å². The first kappa shape index (κ1) is 12.8. The van der Waals surface area contributed by atoms with Gasteiger partial charge in [0.15, 0.2) is 5.75 Å². The molecule has 0 unspecified atom stereocenters. The van der Waals surface area contributed by atoms with Gasteiger partial charge in [0, 0.05) is 20.0 Å². The number of amides is 2. The van der Waals surface area contributed by atoms with Crippen LogP contribution in [0, 0.1) is 0 Å². The molecule has 0 atom stereocenters. The number of benzene rings is 1. The van der Waals surface area contributed by atoms with Crippen LogP contribution in [0.4, 0.5) is 5.69 Å². The number of phenolic OH excluding ortho intramolecular Hbond substituents is 1. The number of para-hydroxylation sites is 1. The quantitative estimate of drug-likeness (QED) is 0.502. The van der Waals surface area contributed by atoms with Gasteiger partial charge < -0.3 is 21.5 Å². The highest BCUT2D eigenvalue weighted by Gasteiger charge is 2.17. The van der Waals surface area contributed by atoms with Gasteiger partial charge in [0.05, 0.1) is 11.3 Å². The van der Waals surface area contributed by atoms with E-state index in [-0.39, 0.29) is 30.0 Å². The van der Waals surface area contributed by atoms with Crippen LogP contribution in [0.25, 0.3) is 0 Å². The Bertz CT molecular complexity index is 446. The molecule has 17 heavy (non-hydrogen) atoms. The molecule has 0 fully saturated rings. The first-order valence-corrected chi connectivity index (χ1v) is 5.04. The van der Waals surface area contributed by atoms with Crippen LogP contribution in [-0.4, -0.2) is 35.4 Å². The summed E-state index contributed by atoms with van der Waals surface area (Å²) in [6.07, 6.45) is 0.0747. The zero-order valence-electron chi connectivity index (χ0n) is 9.51. The molecule has 0 aromatic heterocycles. The number of hydrogen-bond donors (Lipinski definition) is 3. The SMILES string of the molecule is CN(CCC(N)=O)C(=O)c1cccc(N)c1O. The Morgan fingerprint density at radius 2 is 2.06 bits per heavy atom. The Morgan fingerprint density at radius 3 is 2.65 bits per heavy atom. The first-order chi connectivity index (χ1) is 7.93. The van der Waals surface area contributed by atoms with Crippen molar-refractivity contribution >= 4 is 17.5 Å². The van der Waals surface area contributed by atoms with E-state index in [9.17, 15) is 14.7 Å². The average Bonchev–Trinajstić information content (AvgIpc) is 2.28. The summed E-state index contributed by atoms with van der Waals surface area (Å²) in [5.74, 6) is -1.14. The summed E-state index contributed by atoms with van der Waals surface area (Å²) in [5, 5.41) is 9.63. The molecule has 0 heterocycles. The van der Waals surface area contributed by atoms with E-state index in [4.69, 9.17) is 11.5 Å². The molecule has 0 saturated heterocycles. The molecule has 0 aliphatic rings. The van der Waals surface area contributed by atoms with Crippen molar-refractivity contribution in [2.24, 2.45) is 5.73 Å². The summed E-state index contributed by atoms with van der Waals surface area (Å²) in [6.45, 7) is 0.197. The normalized spacial score (nSPS) is 9.94. The number of phenols is 1. The lowest BCUT2D eigenvalue weighted by atomic mass is 10.1. The van der Waals surface area contributed by atoms with E-state index >= 15 is 0 Å². The highest BCUT2D eigenvalue weighted by atomic mass is 16.3. The Labute approximate surface area is 98.8 Å². The molecule has 5 N–H and O–H groups in total. The molecule has 6 heteroatoms. The lowest BCUT2D eigenvalue weighted by Gasteiger charge is -2.17. The first-order valence-electron chi connectivity index (χ1n) is 5.04. The Balaban J connectivity index is 2.82. The van der Waals surface area contributed by atoms with E-state index in [0.29, 0.717) is 0 Å². The largest absolute Gasteiger partial charge is 0.505 e. The third-order valence-corrected chi connectivity index (χ3v) is 2.34. The van der Waals surface area contributed by atoms with Crippen molar-refractivity contribution < 1.29 is 14.7 Å². The number of rotatable bonds is 4. The molecule has 0 aliphatic carbocycles. The van der Waals surface area contributed by atoms with Gasteiger partial charge in [0.2, 0.25) is 5.91 Å². The van der Waals surface area contributed by atoms with Gasteiger partial charge in [-0.25, -0.2) is 0 Å². The highest BCUT2D eigenvalue weighted by molar-refractivity contribution is 5.98. The second-order valence-electron chi connectivity index (χ2n) is 3.69. The topological polar surface area (TPSA) is 110 Å². The van der Waals surface area contributed by atoms with Gasteiger partial charge >= 0.3 is 0 Å². The van der Waals surface area contributed by atoms with Crippen LogP contribution >= 0.6 is 0 Å². The fourth-order valence-corrected chi connectivity index (χ4v) is 1.32. The van der Waals surface area contributed by atoms with Crippen molar-refractivity contribution in [3.05, 3.63) is 23.8 Å². The molecule has 6 nitrogen and oxygen atoms in total. The van der Waals surface area contributed by atoms with Crippen LogP contribution in [0.2, 0.25) is 0 Å². The second kappa shape index (κ2) is 5.20. The number of carbonyl (C=O) groups excluding carboxylic acids is 2. The minimum Gasteiger partial charge on any atom is -0.505 e. The van der Waals surface area contributed by atoms with E-state index in [1.54, 1.807) is 6.07 Å². The molecule has 0 spiro atoms. The predicted molar refractivity (Wildman–Crippen MR) is 63.3 cm³/mol. The zero-order chi connectivity index (χ0) is 13.0. The lowest BCUT2D eigenvalue weighted by molar-refractivity contribution is -0.118. The fourth-order valence-electron chi connectivity index (χ4n) is 1.32.